The van der Waals surface area contributed by atoms with Gasteiger partial charge in [-0.25, -0.2) is 27.2 Å². The zero-order chi connectivity index (χ0) is 29.2. The molecule has 40 heavy (non-hydrogen) atoms. The third-order valence-corrected chi connectivity index (χ3v) is 8.22. The molecule has 0 bridgehead atoms. The van der Waals surface area contributed by atoms with Crippen LogP contribution in [0.15, 0.2) is 66.3 Å². The quantitative estimate of drug-likeness (QED) is 0.333. The minimum atomic E-state index is -4.79. The second-order valence-electron chi connectivity index (χ2n) is 8.89. The van der Waals surface area contributed by atoms with Gasteiger partial charge in [-0.3, -0.25) is 4.79 Å². The van der Waals surface area contributed by atoms with Crippen LogP contribution < -0.4 is 5.32 Å². The molecule has 1 N–H and O–H groups in total. The van der Waals surface area contributed by atoms with E-state index in [1.54, 1.807) is 6.07 Å². The van der Waals surface area contributed by atoms with Crippen molar-refractivity contribution in [3.63, 3.8) is 0 Å². The van der Waals surface area contributed by atoms with Gasteiger partial charge in [-0.1, -0.05) is 6.08 Å². The number of hydrogen-bond donors (Lipinski definition) is 1. The number of rotatable bonds is 7. The maximum absolute atomic E-state index is 14.7. The first-order valence-corrected chi connectivity index (χ1v) is 13.1. The Morgan fingerprint density at radius 1 is 1.18 bits per heavy atom. The molecule has 1 saturated heterocycles. The molecule has 2 aromatic carbocycles. The smallest absolute Gasteiger partial charge is 0.351 e. The van der Waals surface area contributed by atoms with E-state index in [1.165, 1.54) is 12.1 Å². The molecule has 1 amide bonds. The number of carbonyl (C=O) groups is 1. The van der Waals surface area contributed by atoms with Gasteiger partial charge in [0.15, 0.2) is 0 Å². The van der Waals surface area contributed by atoms with Crippen molar-refractivity contribution in [2.24, 2.45) is 5.92 Å². The van der Waals surface area contributed by atoms with Crippen LogP contribution in [0.4, 0.5) is 22.0 Å². The zero-order valence-corrected chi connectivity index (χ0v) is 21.3. The number of alkyl halides is 3. The van der Waals surface area contributed by atoms with Crippen molar-refractivity contribution in [2.45, 2.75) is 30.1 Å². The Morgan fingerprint density at radius 2 is 1.82 bits per heavy atom. The molecule has 1 aliphatic heterocycles. The number of sulfonamides is 1. The van der Waals surface area contributed by atoms with Crippen molar-refractivity contribution in [1.29, 1.82) is 5.26 Å². The highest BCUT2D eigenvalue weighted by molar-refractivity contribution is 7.89. The molecule has 0 radical (unpaired) electrons. The summed E-state index contributed by atoms with van der Waals surface area (Å²) in [4.78, 5) is 19.4. The lowest BCUT2D eigenvalue weighted by molar-refractivity contribution is -0.145. The van der Waals surface area contributed by atoms with Crippen molar-refractivity contribution in [3.05, 3.63) is 90.0 Å². The fourth-order valence-electron chi connectivity index (χ4n) is 4.26. The van der Waals surface area contributed by atoms with Crippen LogP contribution in [0.3, 0.4) is 0 Å². The fourth-order valence-corrected chi connectivity index (χ4v) is 5.91. The highest BCUT2D eigenvalue weighted by atomic mass is 32.2. The molecule has 1 fully saturated rings. The molecule has 2 atom stereocenters. The normalized spacial score (nSPS) is 17.8. The molecule has 8 nitrogen and oxygen atoms in total. The number of nitrogens with zero attached hydrogens (tertiary/aromatic N) is 4. The Morgan fingerprint density at radius 3 is 2.40 bits per heavy atom. The largest absolute Gasteiger partial charge is 0.451 e. The number of hydrogen-bond acceptors (Lipinski definition) is 6. The molecule has 14 heteroatoms. The molecular weight excluding hydrogens is 557 g/mol. The van der Waals surface area contributed by atoms with Crippen LogP contribution >= 0.6 is 0 Å². The van der Waals surface area contributed by atoms with Crippen LogP contribution in [0, 0.1) is 28.9 Å². The molecular formula is C26H20F5N5O3S. The van der Waals surface area contributed by atoms with Gasteiger partial charge >= 0.3 is 6.18 Å². The minimum Gasteiger partial charge on any atom is -0.351 e. The molecule has 208 valence electrons. The second-order valence-corrected chi connectivity index (χ2v) is 10.8. The first kappa shape index (κ1) is 28.8. The lowest BCUT2D eigenvalue weighted by Gasteiger charge is -2.23. The lowest BCUT2D eigenvalue weighted by Crippen LogP contribution is -2.45. The Hall–Kier alpha value is -4.22. The zero-order valence-electron chi connectivity index (χ0n) is 20.5. The van der Waals surface area contributed by atoms with Crippen LogP contribution in [0.25, 0.3) is 11.1 Å². The molecule has 0 aliphatic carbocycles. The molecule has 3 aromatic rings. The van der Waals surface area contributed by atoms with Gasteiger partial charge in [0.25, 0.3) is 0 Å². The summed E-state index contributed by atoms with van der Waals surface area (Å²) >= 11 is 0. The summed E-state index contributed by atoms with van der Waals surface area (Å²) in [6, 6.07) is 6.82. The van der Waals surface area contributed by atoms with E-state index in [0.717, 1.165) is 47.0 Å². The highest BCUT2D eigenvalue weighted by Gasteiger charge is 2.43. The van der Waals surface area contributed by atoms with E-state index in [-0.39, 0.29) is 52.6 Å². The van der Waals surface area contributed by atoms with Gasteiger partial charge in [-0.05, 0) is 54.3 Å². The van der Waals surface area contributed by atoms with Gasteiger partial charge in [0, 0.05) is 36.6 Å². The summed E-state index contributed by atoms with van der Waals surface area (Å²) in [6.45, 7) is 3.31. The van der Waals surface area contributed by atoms with E-state index < -0.39 is 45.6 Å². The molecule has 0 saturated carbocycles. The summed E-state index contributed by atoms with van der Waals surface area (Å²) in [5.41, 5.74) is -0.326. The summed E-state index contributed by atoms with van der Waals surface area (Å²) in [5.74, 6) is -4.02. The molecule has 4 rings (SSSR count). The van der Waals surface area contributed by atoms with Gasteiger partial charge in [-0.15, -0.1) is 6.58 Å². The number of amides is 1. The first-order valence-electron chi connectivity index (χ1n) is 11.6. The predicted molar refractivity (Wildman–Crippen MR) is 131 cm³/mol. The van der Waals surface area contributed by atoms with E-state index in [1.807, 2.05) is 0 Å². The fraction of sp³-hybridized carbons (Fsp3) is 0.231. The van der Waals surface area contributed by atoms with Crippen molar-refractivity contribution in [2.75, 3.05) is 6.54 Å². The summed E-state index contributed by atoms with van der Waals surface area (Å²) in [7, 11) is -4.19. The monoisotopic (exact) mass is 577 g/mol. The molecule has 1 aromatic heterocycles. The Balaban J connectivity index is 1.58. The van der Waals surface area contributed by atoms with Crippen LogP contribution in [0.5, 0.6) is 0 Å². The third kappa shape index (κ3) is 5.85. The predicted octanol–water partition coefficient (Wildman–Crippen LogP) is 4.19. The van der Waals surface area contributed by atoms with Crippen LogP contribution in [0.2, 0.25) is 0 Å². The summed E-state index contributed by atoms with van der Waals surface area (Å²) in [5, 5.41) is 12.0. The Kier molecular flexibility index (Phi) is 7.99. The number of carbonyl (C=O) groups excluding carboxylic acids is 1. The molecule has 2 heterocycles. The van der Waals surface area contributed by atoms with Crippen LogP contribution in [-0.2, 0) is 27.5 Å². The number of halogens is 5. The lowest BCUT2D eigenvalue weighted by atomic mass is 10.00. The van der Waals surface area contributed by atoms with Crippen molar-refractivity contribution >= 4 is 15.9 Å². The third-order valence-electron chi connectivity index (χ3n) is 6.33. The van der Waals surface area contributed by atoms with Crippen LogP contribution in [-0.4, -0.2) is 41.2 Å². The van der Waals surface area contributed by atoms with E-state index in [4.69, 9.17) is 0 Å². The SMILES string of the molecule is C=C[C@@H]1C[C@@H](C(=O)NCc2cc(-c3cnc(C(F)(F)F)nc3)c(F)cc2C#N)N(S(=O)(=O)c2ccc(F)cc2)C1. The maximum atomic E-state index is 14.7. The average Bonchev–Trinajstić information content (AvgIpc) is 3.38. The second kappa shape index (κ2) is 11.1. The first-order chi connectivity index (χ1) is 18.8. The van der Waals surface area contributed by atoms with E-state index in [0.29, 0.717) is 0 Å². The Bertz CT molecular complexity index is 1590. The summed E-state index contributed by atoms with van der Waals surface area (Å²) in [6.07, 6.45) is -1.59. The van der Waals surface area contributed by atoms with Crippen molar-refractivity contribution < 1.29 is 35.2 Å². The number of nitrogens with one attached hydrogen (secondary N) is 1. The van der Waals surface area contributed by atoms with Gasteiger partial charge in [0.05, 0.1) is 16.5 Å². The molecule has 0 unspecified atom stereocenters. The van der Waals surface area contributed by atoms with Crippen molar-refractivity contribution in [1.82, 2.24) is 19.6 Å². The highest BCUT2D eigenvalue weighted by Crippen LogP contribution is 2.32. The van der Waals surface area contributed by atoms with Gasteiger partial charge in [-0.2, -0.15) is 22.7 Å². The van der Waals surface area contributed by atoms with Crippen molar-refractivity contribution in [3.8, 4) is 17.2 Å². The minimum absolute atomic E-state index is 0.0423. The molecule has 0 spiro atoms. The Labute approximate surface area is 225 Å². The van der Waals surface area contributed by atoms with Gasteiger partial charge in [0.1, 0.15) is 17.7 Å². The van der Waals surface area contributed by atoms with Crippen LogP contribution in [0.1, 0.15) is 23.4 Å². The number of aromatic nitrogens is 2. The number of nitriles is 1. The van der Waals surface area contributed by atoms with E-state index in [2.05, 4.69) is 21.9 Å². The topological polar surface area (TPSA) is 116 Å². The number of benzene rings is 2. The van der Waals surface area contributed by atoms with Gasteiger partial charge in [0.2, 0.25) is 21.8 Å². The molecule has 1 aliphatic rings. The summed E-state index contributed by atoms with van der Waals surface area (Å²) < 4.78 is 93.9. The van der Waals surface area contributed by atoms with Gasteiger partial charge < -0.3 is 5.32 Å². The maximum Gasteiger partial charge on any atom is 0.451 e. The standard InChI is InChI=1S/C26H20F5N5O3S/c1-2-15-7-23(36(14-15)40(38,39)20-5-3-19(27)4-6-20)24(37)33-11-17-8-21(22(28)9-16(17)10-32)18-12-34-25(35-13-18)26(29,30)31/h2-6,8-9,12-13,15,23H,1,7,11,14H2,(H,33,37)/t15-,23+/m1/s1. The van der Waals surface area contributed by atoms with E-state index in [9.17, 15) is 40.4 Å². The average molecular weight is 578 g/mol. The van der Waals surface area contributed by atoms with E-state index >= 15 is 0 Å².